The molecule has 192 valence electrons. The molecular weight excluding hydrogens is 432 g/mol. The van der Waals surface area contributed by atoms with Crippen molar-refractivity contribution in [2.45, 2.75) is 99.3 Å². The highest BCUT2D eigenvalue weighted by Gasteiger charge is 2.33. The number of nitrogens with zero attached hydrogens (tertiary/aromatic N) is 1. The minimum atomic E-state index is -1.03. The van der Waals surface area contributed by atoms with E-state index in [-0.39, 0.29) is 23.9 Å². The molecule has 0 radical (unpaired) electrons. The second-order valence-corrected chi connectivity index (χ2v) is 9.64. The van der Waals surface area contributed by atoms with Crippen LogP contribution in [0.2, 0.25) is 0 Å². The summed E-state index contributed by atoms with van der Waals surface area (Å²) in [5.74, 6) is 0.580. The van der Waals surface area contributed by atoms with Crippen LogP contribution < -0.4 is 5.32 Å². The Balaban J connectivity index is 0.00000298. The van der Waals surface area contributed by atoms with E-state index in [9.17, 15) is 4.79 Å². The van der Waals surface area contributed by atoms with Gasteiger partial charge >= 0.3 is 0 Å². The number of rotatable bonds is 10. The smallest absolute Gasteiger partial charge is 0.263 e. The van der Waals surface area contributed by atoms with Crippen molar-refractivity contribution < 1.29 is 9.53 Å². The number of carbonyl (C=O) groups excluding carboxylic acids is 1. The van der Waals surface area contributed by atoms with E-state index in [4.69, 9.17) is 4.74 Å². The predicted molar refractivity (Wildman–Crippen MR) is 150 cm³/mol. The summed E-state index contributed by atoms with van der Waals surface area (Å²) in [6.45, 7) is 19.7. The first-order valence-electron chi connectivity index (χ1n) is 12.8. The fourth-order valence-corrected chi connectivity index (χ4v) is 3.58. The summed E-state index contributed by atoms with van der Waals surface area (Å²) in [6, 6.07) is 17.3. The van der Waals surface area contributed by atoms with E-state index < -0.39 is 5.60 Å². The number of carbonyl (C=O) groups is 1. The Labute approximate surface area is 213 Å². The summed E-state index contributed by atoms with van der Waals surface area (Å²) in [5, 5.41) is 3.22. The molecule has 0 aliphatic heterocycles. The summed E-state index contributed by atoms with van der Waals surface area (Å²) < 4.78 is 6.03. The Morgan fingerprint density at radius 3 is 1.97 bits per heavy atom. The zero-order valence-corrected chi connectivity index (χ0v) is 23.5. The number of aryl methyl sites for hydroxylation is 2. The van der Waals surface area contributed by atoms with Gasteiger partial charge in [0, 0.05) is 18.0 Å². The van der Waals surface area contributed by atoms with Crippen LogP contribution in [0.15, 0.2) is 65.4 Å². The number of benzene rings is 2. The van der Waals surface area contributed by atoms with Crippen LogP contribution in [0.4, 0.5) is 0 Å². The number of aliphatic imine (C=N–C) groups is 1. The molecule has 2 atom stereocenters. The average molecular weight is 479 g/mol. The molecular formula is C31H46N2O2. The molecule has 0 aromatic heterocycles. The molecule has 2 rings (SSSR count). The highest BCUT2D eigenvalue weighted by Crippen LogP contribution is 2.26. The molecule has 0 spiro atoms. The first kappa shape index (κ1) is 30.2. The van der Waals surface area contributed by atoms with Crippen LogP contribution in [0.1, 0.15) is 83.6 Å². The van der Waals surface area contributed by atoms with Crippen LogP contribution in [0.25, 0.3) is 0 Å². The van der Waals surface area contributed by atoms with E-state index in [1.165, 1.54) is 22.3 Å². The lowest BCUT2D eigenvalue weighted by Gasteiger charge is -2.31. The van der Waals surface area contributed by atoms with E-state index in [0.29, 0.717) is 5.76 Å². The SMILES string of the molecule is C/C=C(\C=NC(C)C)OC(C)(C)C(=O)NC(C)C(Cc1ccc(C)cc1)c1ccc(C)cc1.CC. The maximum absolute atomic E-state index is 13.2. The van der Waals surface area contributed by atoms with Gasteiger partial charge in [-0.2, -0.15) is 0 Å². The van der Waals surface area contributed by atoms with Crippen molar-refractivity contribution in [2.75, 3.05) is 0 Å². The lowest BCUT2D eigenvalue weighted by molar-refractivity contribution is -0.138. The summed E-state index contributed by atoms with van der Waals surface area (Å²) in [7, 11) is 0. The Kier molecular flexibility index (Phi) is 12.5. The van der Waals surface area contributed by atoms with Crippen molar-refractivity contribution in [1.82, 2.24) is 5.32 Å². The molecule has 0 bridgehead atoms. The quantitative estimate of drug-likeness (QED) is 0.287. The molecule has 4 heteroatoms. The molecule has 1 N–H and O–H groups in total. The second kappa shape index (κ2) is 14.5. The van der Waals surface area contributed by atoms with Gasteiger partial charge in [0.2, 0.25) is 0 Å². The van der Waals surface area contributed by atoms with Gasteiger partial charge in [-0.15, -0.1) is 0 Å². The number of hydrogen-bond donors (Lipinski definition) is 1. The van der Waals surface area contributed by atoms with Crippen LogP contribution in [-0.4, -0.2) is 29.8 Å². The number of amides is 1. The topological polar surface area (TPSA) is 50.7 Å². The largest absolute Gasteiger partial charge is 0.477 e. The van der Waals surface area contributed by atoms with Gasteiger partial charge in [-0.05, 0) is 79.0 Å². The highest BCUT2D eigenvalue weighted by molar-refractivity contribution is 5.86. The zero-order valence-electron chi connectivity index (χ0n) is 23.5. The summed E-state index contributed by atoms with van der Waals surface area (Å²) in [4.78, 5) is 17.6. The Hall–Kier alpha value is -2.88. The number of nitrogens with one attached hydrogen (secondary N) is 1. The zero-order chi connectivity index (χ0) is 26.6. The minimum absolute atomic E-state index is 0.0808. The van der Waals surface area contributed by atoms with Crippen molar-refractivity contribution in [3.8, 4) is 0 Å². The Bertz CT molecular complexity index is 954. The molecule has 35 heavy (non-hydrogen) atoms. The van der Waals surface area contributed by atoms with Gasteiger partial charge in [-0.25, -0.2) is 0 Å². The van der Waals surface area contributed by atoms with E-state index in [1.807, 2.05) is 40.7 Å². The standard InChI is InChI=1S/C29H40N2O2.C2H6/c1-9-26(19-30-20(2)3)33-29(7,8)28(32)31-23(6)27(25-16-12-22(5)13-17-25)18-24-14-10-21(4)11-15-24;1-2/h9-17,19-20,23,27H,18H2,1-8H3,(H,31,32);1-2H3/b26-9+,30-19?;. The van der Waals surface area contributed by atoms with Crippen LogP contribution in [0.3, 0.4) is 0 Å². The molecule has 0 saturated carbocycles. The van der Waals surface area contributed by atoms with Gasteiger partial charge in [0.05, 0.1) is 6.21 Å². The fourth-order valence-electron chi connectivity index (χ4n) is 3.58. The van der Waals surface area contributed by atoms with E-state index in [1.54, 1.807) is 20.1 Å². The Morgan fingerprint density at radius 1 is 0.971 bits per heavy atom. The van der Waals surface area contributed by atoms with Crippen molar-refractivity contribution in [2.24, 2.45) is 4.99 Å². The van der Waals surface area contributed by atoms with Gasteiger partial charge in [-0.3, -0.25) is 9.79 Å². The number of allylic oxidation sites excluding steroid dienone is 2. The maximum Gasteiger partial charge on any atom is 0.263 e. The predicted octanol–water partition coefficient (Wildman–Crippen LogP) is 7.34. The first-order chi connectivity index (χ1) is 16.5. The molecule has 0 aliphatic rings. The van der Waals surface area contributed by atoms with Crippen molar-refractivity contribution in [1.29, 1.82) is 0 Å². The summed E-state index contributed by atoms with van der Waals surface area (Å²) >= 11 is 0. The van der Waals surface area contributed by atoms with Gasteiger partial charge in [0.25, 0.3) is 5.91 Å². The van der Waals surface area contributed by atoms with Gasteiger partial charge in [0.15, 0.2) is 5.60 Å². The molecule has 0 saturated heterocycles. The van der Waals surface area contributed by atoms with Gasteiger partial charge in [-0.1, -0.05) is 73.5 Å². The lowest BCUT2D eigenvalue weighted by atomic mass is 9.85. The van der Waals surface area contributed by atoms with E-state index >= 15 is 0 Å². The molecule has 2 aromatic carbocycles. The number of hydrogen-bond acceptors (Lipinski definition) is 3. The molecule has 0 heterocycles. The van der Waals surface area contributed by atoms with E-state index in [0.717, 1.165) is 6.42 Å². The molecule has 2 aromatic rings. The third-order valence-electron chi connectivity index (χ3n) is 5.75. The van der Waals surface area contributed by atoms with Crippen LogP contribution in [-0.2, 0) is 16.0 Å². The van der Waals surface area contributed by atoms with Crippen LogP contribution >= 0.6 is 0 Å². The number of ether oxygens (including phenoxy) is 1. The fraction of sp³-hybridized carbons (Fsp3) is 0.484. The van der Waals surface area contributed by atoms with Crippen LogP contribution in [0, 0.1) is 13.8 Å². The molecule has 1 amide bonds. The van der Waals surface area contributed by atoms with Gasteiger partial charge < -0.3 is 10.1 Å². The normalized spacial score (nSPS) is 13.7. The third kappa shape index (κ3) is 10.1. The molecule has 4 nitrogen and oxygen atoms in total. The van der Waals surface area contributed by atoms with E-state index in [2.05, 4.69) is 79.6 Å². The highest BCUT2D eigenvalue weighted by atomic mass is 16.5. The first-order valence-corrected chi connectivity index (χ1v) is 12.8. The van der Waals surface area contributed by atoms with Gasteiger partial charge in [0.1, 0.15) is 5.76 Å². The lowest BCUT2D eigenvalue weighted by Crippen LogP contribution is -2.49. The maximum atomic E-state index is 13.2. The molecule has 2 unspecified atom stereocenters. The molecule has 0 fully saturated rings. The summed E-state index contributed by atoms with van der Waals surface area (Å²) in [6.07, 6.45) is 4.36. The minimum Gasteiger partial charge on any atom is -0.477 e. The van der Waals surface area contributed by atoms with Crippen LogP contribution in [0.5, 0.6) is 0 Å². The van der Waals surface area contributed by atoms with Crippen molar-refractivity contribution in [3.63, 3.8) is 0 Å². The summed E-state index contributed by atoms with van der Waals surface area (Å²) in [5.41, 5.74) is 3.91. The average Bonchev–Trinajstić information content (AvgIpc) is 2.83. The molecule has 0 aliphatic carbocycles. The third-order valence-corrected chi connectivity index (χ3v) is 5.75. The monoisotopic (exact) mass is 478 g/mol. The van der Waals surface area contributed by atoms with Crippen molar-refractivity contribution >= 4 is 12.1 Å². The Morgan fingerprint density at radius 2 is 1.49 bits per heavy atom. The van der Waals surface area contributed by atoms with Crippen molar-refractivity contribution in [3.05, 3.63) is 82.6 Å². The second-order valence-electron chi connectivity index (χ2n) is 9.64.